The monoisotopic (exact) mass is 532 g/mol. The third-order valence-corrected chi connectivity index (χ3v) is 7.96. The lowest BCUT2D eigenvalue weighted by Crippen LogP contribution is -2.35. The molecule has 0 aliphatic carbocycles. The number of hydrogen-bond acceptors (Lipinski definition) is 2. The first kappa shape index (κ1) is 30.2. The van der Waals surface area contributed by atoms with Gasteiger partial charge in [-0.25, -0.2) is 9.18 Å². The molecule has 3 rings (SSSR count). The van der Waals surface area contributed by atoms with E-state index in [0.29, 0.717) is 19.7 Å². The highest BCUT2D eigenvalue weighted by atomic mass is 19.1. The Bertz CT molecular complexity index is 1210. The van der Waals surface area contributed by atoms with Crippen LogP contribution in [0.4, 0.5) is 14.9 Å². The molecule has 2 amide bonds. The van der Waals surface area contributed by atoms with Crippen LogP contribution in [0.5, 0.6) is 5.75 Å². The van der Waals surface area contributed by atoms with E-state index in [4.69, 9.17) is 4.74 Å². The van der Waals surface area contributed by atoms with Crippen molar-refractivity contribution in [2.45, 2.75) is 84.6 Å². The van der Waals surface area contributed by atoms with E-state index in [2.05, 4.69) is 65.1 Å². The smallest absolute Gasteiger partial charge is 0.322 e. The fourth-order valence-corrected chi connectivity index (χ4v) is 4.40. The van der Waals surface area contributed by atoms with Crippen molar-refractivity contribution in [2.75, 3.05) is 18.5 Å². The minimum atomic E-state index is -0.446. The molecule has 0 saturated carbocycles. The van der Waals surface area contributed by atoms with Gasteiger partial charge in [-0.3, -0.25) is 0 Å². The fraction of sp³-hybridized carbons (Fsp3) is 0.441. The maximum absolute atomic E-state index is 14.2. The molecule has 0 radical (unpaired) electrons. The third kappa shape index (κ3) is 8.32. The number of amides is 2. The number of rotatable bonds is 13. The minimum Gasteiger partial charge on any atom is -0.493 e. The molecule has 0 atom stereocenters. The summed E-state index contributed by atoms with van der Waals surface area (Å²) in [5.74, 6) is 0.494. The average Bonchev–Trinajstić information content (AvgIpc) is 2.93. The van der Waals surface area contributed by atoms with Crippen molar-refractivity contribution in [1.82, 2.24) is 4.90 Å². The molecule has 0 aliphatic heterocycles. The molecule has 0 spiro atoms. The molecule has 39 heavy (non-hydrogen) atoms. The highest BCUT2D eigenvalue weighted by molar-refractivity contribution is 5.89. The number of anilines is 1. The van der Waals surface area contributed by atoms with Crippen LogP contribution in [-0.4, -0.2) is 24.1 Å². The molecule has 3 aromatic rings. The van der Waals surface area contributed by atoms with Gasteiger partial charge in [0, 0.05) is 18.7 Å². The topological polar surface area (TPSA) is 41.6 Å². The first-order chi connectivity index (χ1) is 18.6. The second kappa shape index (κ2) is 13.6. The predicted octanol–water partition coefficient (Wildman–Crippen LogP) is 9.09. The van der Waals surface area contributed by atoms with E-state index < -0.39 is 5.82 Å². The molecule has 210 valence electrons. The van der Waals surface area contributed by atoms with Crippen molar-refractivity contribution < 1.29 is 13.9 Å². The Balaban J connectivity index is 1.65. The Hall–Kier alpha value is -3.34. The number of halogens is 1. The Kier molecular flexibility index (Phi) is 10.6. The van der Waals surface area contributed by atoms with Gasteiger partial charge in [0.2, 0.25) is 0 Å². The molecule has 0 heterocycles. The number of hydrogen-bond donors (Lipinski definition) is 1. The molecule has 4 nitrogen and oxygen atoms in total. The fourth-order valence-electron chi connectivity index (χ4n) is 4.40. The number of benzene rings is 3. The van der Waals surface area contributed by atoms with Crippen LogP contribution in [0.2, 0.25) is 0 Å². The molecule has 5 heteroatoms. The van der Waals surface area contributed by atoms with Crippen LogP contribution in [-0.2, 0) is 17.4 Å². The van der Waals surface area contributed by atoms with E-state index in [1.54, 1.807) is 23.1 Å². The van der Waals surface area contributed by atoms with Crippen molar-refractivity contribution >= 4 is 11.7 Å². The molecule has 3 aromatic carbocycles. The summed E-state index contributed by atoms with van der Waals surface area (Å²) in [5.41, 5.74) is 3.92. The van der Waals surface area contributed by atoms with Gasteiger partial charge in [0.15, 0.2) is 0 Å². The first-order valence-corrected chi connectivity index (χ1v) is 14.2. The number of carbonyl (C=O) groups is 1. The quantitative estimate of drug-likeness (QED) is 0.223. The van der Waals surface area contributed by atoms with Crippen LogP contribution in [0.15, 0.2) is 72.8 Å². The van der Waals surface area contributed by atoms with Gasteiger partial charge in [-0.15, -0.1) is 0 Å². The summed E-state index contributed by atoms with van der Waals surface area (Å²) < 4.78 is 20.5. The van der Waals surface area contributed by atoms with E-state index >= 15 is 0 Å². The van der Waals surface area contributed by atoms with E-state index in [0.717, 1.165) is 37.0 Å². The average molecular weight is 533 g/mol. The van der Waals surface area contributed by atoms with E-state index in [-0.39, 0.29) is 22.5 Å². The summed E-state index contributed by atoms with van der Waals surface area (Å²) >= 11 is 0. The summed E-state index contributed by atoms with van der Waals surface area (Å²) in [6.45, 7) is 15.1. The maximum Gasteiger partial charge on any atom is 0.322 e. The first-order valence-electron chi connectivity index (χ1n) is 14.2. The predicted molar refractivity (Wildman–Crippen MR) is 160 cm³/mol. The number of carbonyl (C=O) groups excluding carboxylic acids is 1. The molecular formula is C34H45FN2O2. The summed E-state index contributed by atoms with van der Waals surface area (Å²) in [4.78, 5) is 14.8. The number of nitrogens with one attached hydrogen (secondary N) is 1. The van der Waals surface area contributed by atoms with Crippen LogP contribution in [0, 0.1) is 5.82 Å². The second-order valence-corrected chi connectivity index (χ2v) is 11.6. The molecule has 0 unspecified atom stereocenters. The molecular weight excluding hydrogens is 487 g/mol. The van der Waals surface area contributed by atoms with Gasteiger partial charge in [0.25, 0.3) is 0 Å². The standard InChI is InChI=1S/C34H45FN2O2/c1-7-33(3,4)27-20-21-31(28(24-27)34(5,6)8-2)39-23-15-14-22-37(25-26-16-10-9-11-17-26)32(38)36-30-19-13-12-18-29(30)35/h9-13,16-21,24H,7-8,14-15,22-23,25H2,1-6H3,(H,36,38). The zero-order valence-corrected chi connectivity index (χ0v) is 24.5. The minimum absolute atomic E-state index is 0.00640. The van der Waals surface area contributed by atoms with E-state index in [1.807, 2.05) is 30.3 Å². The van der Waals surface area contributed by atoms with Gasteiger partial charge in [0.05, 0.1) is 12.3 Å². The van der Waals surface area contributed by atoms with Gasteiger partial charge in [0.1, 0.15) is 11.6 Å². The lowest BCUT2D eigenvalue weighted by Gasteiger charge is -2.30. The second-order valence-electron chi connectivity index (χ2n) is 11.6. The highest BCUT2D eigenvalue weighted by Gasteiger charge is 2.26. The van der Waals surface area contributed by atoms with Crippen LogP contribution in [0.3, 0.4) is 0 Å². The van der Waals surface area contributed by atoms with Crippen molar-refractivity contribution in [1.29, 1.82) is 0 Å². The van der Waals surface area contributed by atoms with E-state index in [1.165, 1.54) is 17.2 Å². The molecule has 1 N–H and O–H groups in total. The van der Waals surface area contributed by atoms with E-state index in [9.17, 15) is 9.18 Å². The highest BCUT2D eigenvalue weighted by Crippen LogP contribution is 2.38. The van der Waals surface area contributed by atoms with Crippen molar-refractivity contribution in [3.63, 3.8) is 0 Å². The Labute approximate surface area is 234 Å². The molecule has 0 fully saturated rings. The van der Waals surface area contributed by atoms with Crippen LogP contribution in [0.25, 0.3) is 0 Å². The van der Waals surface area contributed by atoms with Crippen LogP contribution >= 0.6 is 0 Å². The van der Waals surface area contributed by atoms with Gasteiger partial charge in [-0.1, -0.05) is 96.1 Å². The number of urea groups is 1. The molecule has 0 bridgehead atoms. The lowest BCUT2D eigenvalue weighted by molar-refractivity contribution is 0.205. The number of unbranched alkanes of at least 4 members (excludes halogenated alkanes) is 1. The van der Waals surface area contributed by atoms with Gasteiger partial charge in [-0.05, 0) is 65.8 Å². The third-order valence-electron chi connectivity index (χ3n) is 7.96. The largest absolute Gasteiger partial charge is 0.493 e. The zero-order valence-electron chi connectivity index (χ0n) is 24.5. The lowest BCUT2D eigenvalue weighted by atomic mass is 9.76. The Morgan fingerprint density at radius 3 is 2.21 bits per heavy atom. The van der Waals surface area contributed by atoms with Gasteiger partial charge >= 0.3 is 6.03 Å². The normalized spacial score (nSPS) is 11.8. The van der Waals surface area contributed by atoms with Crippen molar-refractivity contribution in [3.05, 3.63) is 95.3 Å². The van der Waals surface area contributed by atoms with Crippen LogP contribution in [0.1, 0.15) is 83.9 Å². The Morgan fingerprint density at radius 1 is 0.872 bits per heavy atom. The van der Waals surface area contributed by atoms with Gasteiger partial charge in [-0.2, -0.15) is 0 Å². The molecule has 0 saturated heterocycles. The summed E-state index contributed by atoms with van der Waals surface area (Å²) in [5, 5.41) is 2.73. The zero-order chi connectivity index (χ0) is 28.5. The SMILES string of the molecule is CCC(C)(C)c1ccc(OCCCCN(Cc2ccccc2)C(=O)Nc2ccccc2F)c(C(C)(C)CC)c1. The Morgan fingerprint density at radius 2 is 1.54 bits per heavy atom. The molecule has 0 aliphatic rings. The number of ether oxygens (including phenoxy) is 1. The summed E-state index contributed by atoms with van der Waals surface area (Å²) in [6.07, 6.45) is 3.66. The van der Waals surface area contributed by atoms with Crippen LogP contribution < -0.4 is 10.1 Å². The summed E-state index contributed by atoms with van der Waals surface area (Å²) in [6, 6.07) is 22.4. The molecule has 0 aromatic heterocycles. The van der Waals surface area contributed by atoms with Gasteiger partial charge < -0.3 is 15.0 Å². The summed E-state index contributed by atoms with van der Waals surface area (Å²) in [7, 11) is 0. The number of nitrogens with zero attached hydrogens (tertiary/aromatic N) is 1. The van der Waals surface area contributed by atoms with Crippen molar-refractivity contribution in [3.8, 4) is 5.75 Å². The number of para-hydroxylation sites is 1. The maximum atomic E-state index is 14.2. The van der Waals surface area contributed by atoms with Crippen molar-refractivity contribution in [2.24, 2.45) is 0 Å².